The summed E-state index contributed by atoms with van der Waals surface area (Å²) in [6.07, 6.45) is 0.779. The second kappa shape index (κ2) is 4.80. The number of pyridine rings is 1. The number of nitrogens with zero attached hydrogens (tertiary/aromatic N) is 1. The predicted molar refractivity (Wildman–Crippen MR) is 71.4 cm³/mol. The van der Waals surface area contributed by atoms with Crippen molar-refractivity contribution in [2.45, 2.75) is 27.2 Å². The standard InChI is InChI=1S/C14H17FN2O/c1-4-11-8(3)14(16)9-6-13(18-5-2)10(15)7-12(9)17-11/h6-7H,4-5H2,1-3H3,(H2,16,17). The van der Waals surface area contributed by atoms with E-state index in [-0.39, 0.29) is 5.75 Å². The molecule has 0 fully saturated rings. The lowest BCUT2D eigenvalue weighted by molar-refractivity contribution is 0.322. The molecule has 0 aliphatic heterocycles. The fraction of sp³-hybridized carbons (Fsp3) is 0.357. The first kappa shape index (κ1) is 12.6. The summed E-state index contributed by atoms with van der Waals surface area (Å²) in [7, 11) is 0. The molecule has 0 amide bonds. The molecule has 0 atom stereocenters. The Balaban J connectivity index is 2.73. The Bertz CT molecular complexity index is 596. The van der Waals surface area contributed by atoms with Crippen LogP contribution in [-0.2, 0) is 6.42 Å². The largest absolute Gasteiger partial charge is 0.491 e. The Morgan fingerprint density at radius 3 is 2.67 bits per heavy atom. The van der Waals surface area contributed by atoms with Gasteiger partial charge < -0.3 is 10.5 Å². The van der Waals surface area contributed by atoms with Crippen LogP contribution in [0, 0.1) is 12.7 Å². The van der Waals surface area contributed by atoms with Crippen molar-refractivity contribution in [2.75, 3.05) is 12.3 Å². The number of anilines is 1. The predicted octanol–water partition coefficient (Wildman–Crippen LogP) is 3.23. The minimum absolute atomic E-state index is 0.224. The van der Waals surface area contributed by atoms with E-state index in [1.54, 1.807) is 6.07 Å². The zero-order valence-corrected chi connectivity index (χ0v) is 10.9. The molecule has 96 valence electrons. The third-order valence-corrected chi connectivity index (χ3v) is 3.07. The van der Waals surface area contributed by atoms with Gasteiger partial charge >= 0.3 is 0 Å². The number of benzene rings is 1. The lowest BCUT2D eigenvalue weighted by Crippen LogP contribution is -2.02. The highest BCUT2D eigenvalue weighted by atomic mass is 19.1. The van der Waals surface area contributed by atoms with Gasteiger partial charge in [-0.3, -0.25) is 4.98 Å². The van der Waals surface area contributed by atoms with Crippen LogP contribution in [0.25, 0.3) is 10.9 Å². The Morgan fingerprint density at radius 1 is 1.33 bits per heavy atom. The van der Waals surface area contributed by atoms with Gasteiger partial charge in [0.05, 0.1) is 12.1 Å². The highest BCUT2D eigenvalue weighted by Gasteiger charge is 2.12. The summed E-state index contributed by atoms with van der Waals surface area (Å²) in [6.45, 7) is 6.17. The zero-order chi connectivity index (χ0) is 13.3. The van der Waals surface area contributed by atoms with Crippen LogP contribution in [-0.4, -0.2) is 11.6 Å². The molecule has 0 unspecified atom stereocenters. The van der Waals surface area contributed by atoms with Gasteiger partial charge in [-0.1, -0.05) is 6.92 Å². The molecule has 2 aromatic rings. The fourth-order valence-electron chi connectivity index (χ4n) is 2.05. The van der Waals surface area contributed by atoms with Crippen LogP contribution < -0.4 is 10.5 Å². The Morgan fingerprint density at radius 2 is 2.06 bits per heavy atom. The monoisotopic (exact) mass is 248 g/mol. The van der Waals surface area contributed by atoms with Crippen molar-refractivity contribution < 1.29 is 9.13 Å². The second-order valence-corrected chi connectivity index (χ2v) is 4.18. The van der Waals surface area contributed by atoms with Crippen LogP contribution in [0.15, 0.2) is 12.1 Å². The number of aryl methyl sites for hydroxylation is 1. The summed E-state index contributed by atoms with van der Waals surface area (Å²) >= 11 is 0. The minimum Gasteiger partial charge on any atom is -0.491 e. The third kappa shape index (κ3) is 1.98. The van der Waals surface area contributed by atoms with E-state index in [1.807, 2.05) is 20.8 Å². The number of halogens is 1. The summed E-state index contributed by atoms with van der Waals surface area (Å²) < 4.78 is 19.0. The van der Waals surface area contributed by atoms with Gasteiger partial charge in [-0.25, -0.2) is 4.39 Å². The van der Waals surface area contributed by atoms with E-state index in [4.69, 9.17) is 10.5 Å². The number of nitrogen functional groups attached to an aromatic ring is 1. The average Bonchev–Trinajstić information content (AvgIpc) is 2.36. The summed E-state index contributed by atoms with van der Waals surface area (Å²) in [6, 6.07) is 3.01. The number of nitrogens with two attached hydrogens (primary N) is 1. The maximum atomic E-state index is 13.8. The van der Waals surface area contributed by atoms with E-state index in [0.717, 1.165) is 23.1 Å². The van der Waals surface area contributed by atoms with E-state index in [9.17, 15) is 4.39 Å². The number of aromatic nitrogens is 1. The average molecular weight is 248 g/mol. The minimum atomic E-state index is -0.401. The fourth-order valence-corrected chi connectivity index (χ4v) is 2.05. The van der Waals surface area contributed by atoms with Crippen LogP contribution in [0.4, 0.5) is 10.1 Å². The second-order valence-electron chi connectivity index (χ2n) is 4.18. The first-order valence-corrected chi connectivity index (χ1v) is 6.09. The molecule has 1 aromatic carbocycles. The summed E-state index contributed by atoms with van der Waals surface area (Å²) in [5.41, 5.74) is 9.19. The molecule has 2 rings (SSSR count). The van der Waals surface area contributed by atoms with Gasteiger partial charge in [0, 0.05) is 22.8 Å². The number of hydrogen-bond donors (Lipinski definition) is 1. The number of fused-ring (bicyclic) bond motifs is 1. The van der Waals surface area contributed by atoms with Gasteiger partial charge in [-0.05, 0) is 31.9 Å². The summed E-state index contributed by atoms with van der Waals surface area (Å²) in [4.78, 5) is 4.44. The molecule has 1 aromatic heterocycles. The maximum Gasteiger partial charge on any atom is 0.167 e. The highest BCUT2D eigenvalue weighted by Crippen LogP contribution is 2.30. The van der Waals surface area contributed by atoms with Crippen molar-refractivity contribution in [2.24, 2.45) is 0 Å². The van der Waals surface area contributed by atoms with Gasteiger partial charge in [-0.2, -0.15) is 0 Å². The topological polar surface area (TPSA) is 48.1 Å². The Kier molecular flexibility index (Phi) is 3.36. The number of rotatable bonds is 3. The highest BCUT2D eigenvalue weighted by molar-refractivity contribution is 5.93. The molecule has 0 spiro atoms. The molecular formula is C14H17FN2O. The normalized spacial score (nSPS) is 10.9. The van der Waals surface area contributed by atoms with Gasteiger partial charge in [0.15, 0.2) is 11.6 Å². The SMILES string of the molecule is CCOc1cc2c(N)c(C)c(CC)nc2cc1F. The van der Waals surface area contributed by atoms with Crippen molar-refractivity contribution in [3.8, 4) is 5.75 Å². The van der Waals surface area contributed by atoms with E-state index in [0.29, 0.717) is 17.8 Å². The molecule has 0 saturated heterocycles. The Labute approximate surface area is 106 Å². The quantitative estimate of drug-likeness (QED) is 0.907. The summed E-state index contributed by atoms with van der Waals surface area (Å²) in [5, 5.41) is 0.745. The van der Waals surface area contributed by atoms with Crippen LogP contribution in [0.2, 0.25) is 0 Å². The number of ether oxygens (including phenoxy) is 1. The van der Waals surface area contributed by atoms with Crippen molar-refractivity contribution in [3.05, 3.63) is 29.2 Å². The van der Waals surface area contributed by atoms with Crippen molar-refractivity contribution in [1.29, 1.82) is 0 Å². The molecule has 0 saturated carbocycles. The van der Waals surface area contributed by atoms with E-state index in [1.165, 1.54) is 6.07 Å². The van der Waals surface area contributed by atoms with Gasteiger partial charge in [0.25, 0.3) is 0 Å². The molecule has 3 nitrogen and oxygen atoms in total. The maximum absolute atomic E-state index is 13.8. The van der Waals surface area contributed by atoms with Crippen LogP contribution in [0.3, 0.4) is 0 Å². The van der Waals surface area contributed by atoms with Crippen LogP contribution in [0.5, 0.6) is 5.75 Å². The van der Waals surface area contributed by atoms with E-state index in [2.05, 4.69) is 4.98 Å². The van der Waals surface area contributed by atoms with Crippen molar-refractivity contribution >= 4 is 16.6 Å². The molecule has 0 aliphatic rings. The van der Waals surface area contributed by atoms with Gasteiger partial charge in [0.2, 0.25) is 0 Å². The molecular weight excluding hydrogens is 231 g/mol. The third-order valence-electron chi connectivity index (χ3n) is 3.07. The van der Waals surface area contributed by atoms with Crippen LogP contribution in [0.1, 0.15) is 25.1 Å². The lowest BCUT2D eigenvalue weighted by Gasteiger charge is -2.12. The van der Waals surface area contributed by atoms with Gasteiger partial charge in [-0.15, -0.1) is 0 Å². The molecule has 18 heavy (non-hydrogen) atoms. The number of hydrogen-bond acceptors (Lipinski definition) is 3. The molecule has 1 heterocycles. The molecule has 4 heteroatoms. The molecule has 0 radical (unpaired) electrons. The molecule has 2 N–H and O–H groups in total. The lowest BCUT2D eigenvalue weighted by atomic mass is 10.1. The first-order valence-electron chi connectivity index (χ1n) is 6.09. The van der Waals surface area contributed by atoms with Gasteiger partial charge in [0.1, 0.15) is 0 Å². The first-order chi connectivity index (χ1) is 8.58. The van der Waals surface area contributed by atoms with Crippen molar-refractivity contribution in [1.82, 2.24) is 4.98 Å². The van der Waals surface area contributed by atoms with E-state index >= 15 is 0 Å². The summed E-state index contributed by atoms with van der Waals surface area (Å²) in [5.74, 6) is -0.177. The zero-order valence-electron chi connectivity index (χ0n) is 10.9. The van der Waals surface area contributed by atoms with E-state index < -0.39 is 5.82 Å². The molecule has 0 bridgehead atoms. The van der Waals surface area contributed by atoms with Crippen molar-refractivity contribution in [3.63, 3.8) is 0 Å². The van der Waals surface area contributed by atoms with Crippen LogP contribution >= 0.6 is 0 Å². The smallest absolute Gasteiger partial charge is 0.167 e. The molecule has 0 aliphatic carbocycles. The Hall–Kier alpha value is -1.84.